The number of nitrogen functional groups attached to an aromatic ring is 1. The molecule has 1 aromatic carbocycles. The van der Waals surface area contributed by atoms with E-state index in [1.54, 1.807) is 6.07 Å². The van der Waals surface area contributed by atoms with E-state index < -0.39 is 9.84 Å². The minimum atomic E-state index is -2.82. The number of anilines is 1. The predicted octanol–water partition coefficient (Wildman–Crippen LogP) is 0.767. The molecule has 1 fully saturated rings. The van der Waals surface area contributed by atoms with Crippen LogP contribution >= 0.6 is 0 Å². The quantitative estimate of drug-likeness (QED) is 0.808. The van der Waals surface area contributed by atoms with Gasteiger partial charge in [0.2, 0.25) is 0 Å². The van der Waals surface area contributed by atoms with E-state index in [4.69, 9.17) is 10.5 Å². The summed E-state index contributed by atoms with van der Waals surface area (Å²) < 4.78 is 28.4. The molecule has 106 valence electrons. The van der Waals surface area contributed by atoms with Gasteiger partial charge in [-0.3, -0.25) is 4.90 Å². The Morgan fingerprint density at radius 1 is 1.47 bits per heavy atom. The van der Waals surface area contributed by atoms with Crippen molar-refractivity contribution in [2.24, 2.45) is 0 Å². The van der Waals surface area contributed by atoms with E-state index in [9.17, 15) is 8.42 Å². The molecule has 0 aliphatic carbocycles. The topological polar surface area (TPSA) is 72.6 Å². The van der Waals surface area contributed by atoms with Gasteiger partial charge in [-0.25, -0.2) is 8.42 Å². The molecule has 0 aromatic heterocycles. The molecule has 1 aliphatic rings. The lowest BCUT2D eigenvalue weighted by Crippen LogP contribution is -2.35. The first-order valence-corrected chi connectivity index (χ1v) is 8.17. The van der Waals surface area contributed by atoms with Crippen LogP contribution < -0.4 is 10.5 Å². The van der Waals surface area contributed by atoms with E-state index in [-0.39, 0.29) is 11.8 Å². The maximum atomic E-state index is 11.4. The highest BCUT2D eigenvalue weighted by molar-refractivity contribution is 7.91. The van der Waals surface area contributed by atoms with Crippen molar-refractivity contribution in [3.05, 3.63) is 24.3 Å². The highest BCUT2D eigenvalue weighted by Crippen LogP contribution is 2.17. The Balaban J connectivity index is 1.77. The second-order valence-corrected chi connectivity index (χ2v) is 7.19. The first-order chi connectivity index (χ1) is 8.96. The molecule has 1 heterocycles. The normalized spacial score (nSPS) is 21.7. The van der Waals surface area contributed by atoms with Gasteiger partial charge in [0, 0.05) is 24.3 Å². The number of hydrogen-bond acceptors (Lipinski definition) is 5. The average Bonchev–Trinajstić information content (AvgIpc) is 2.70. The van der Waals surface area contributed by atoms with E-state index in [1.165, 1.54) is 0 Å². The average molecular weight is 284 g/mol. The Kier molecular flexibility index (Phi) is 4.31. The smallest absolute Gasteiger partial charge is 0.151 e. The van der Waals surface area contributed by atoms with E-state index >= 15 is 0 Å². The Bertz CT molecular complexity index is 530. The van der Waals surface area contributed by atoms with Gasteiger partial charge in [0.1, 0.15) is 12.4 Å². The van der Waals surface area contributed by atoms with Gasteiger partial charge in [-0.2, -0.15) is 0 Å². The molecule has 6 heteroatoms. The fourth-order valence-corrected chi connectivity index (χ4v) is 4.02. The van der Waals surface area contributed by atoms with E-state index in [0.717, 1.165) is 12.2 Å². The van der Waals surface area contributed by atoms with Crippen LogP contribution in [0.15, 0.2) is 24.3 Å². The molecule has 1 unspecified atom stereocenters. The fourth-order valence-electron chi connectivity index (χ4n) is 2.22. The second-order valence-electron chi connectivity index (χ2n) is 4.96. The number of benzene rings is 1. The number of nitrogens with two attached hydrogens (primary N) is 1. The largest absolute Gasteiger partial charge is 0.492 e. The molecule has 0 bridgehead atoms. The molecule has 1 aliphatic heterocycles. The Hall–Kier alpha value is -1.27. The second kappa shape index (κ2) is 5.79. The summed E-state index contributed by atoms with van der Waals surface area (Å²) in [6.45, 7) is 1.23. The number of nitrogens with zero attached hydrogens (tertiary/aromatic N) is 1. The molecule has 1 atom stereocenters. The molecule has 0 radical (unpaired) electrons. The van der Waals surface area contributed by atoms with Gasteiger partial charge >= 0.3 is 0 Å². The maximum Gasteiger partial charge on any atom is 0.151 e. The summed E-state index contributed by atoms with van der Waals surface area (Å²) in [4.78, 5) is 2.05. The van der Waals surface area contributed by atoms with Crippen molar-refractivity contribution in [3.8, 4) is 5.75 Å². The highest BCUT2D eigenvalue weighted by atomic mass is 32.2. The molecule has 19 heavy (non-hydrogen) atoms. The Morgan fingerprint density at radius 2 is 2.26 bits per heavy atom. The summed E-state index contributed by atoms with van der Waals surface area (Å²) in [6.07, 6.45) is 0.719. The van der Waals surface area contributed by atoms with Gasteiger partial charge in [-0.1, -0.05) is 6.07 Å². The lowest BCUT2D eigenvalue weighted by atomic mass is 10.2. The number of ether oxygens (including phenoxy) is 1. The first-order valence-electron chi connectivity index (χ1n) is 6.35. The third-order valence-corrected chi connectivity index (χ3v) is 5.15. The van der Waals surface area contributed by atoms with Crippen molar-refractivity contribution in [3.63, 3.8) is 0 Å². The van der Waals surface area contributed by atoms with E-state index in [0.29, 0.717) is 24.6 Å². The van der Waals surface area contributed by atoms with Crippen LogP contribution in [0, 0.1) is 0 Å². The fraction of sp³-hybridized carbons (Fsp3) is 0.538. The van der Waals surface area contributed by atoms with Crippen LogP contribution in [0.5, 0.6) is 5.75 Å². The third-order valence-electron chi connectivity index (χ3n) is 3.40. The molecule has 2 N–H and O–H groups in total. The van der Waals surface area contributed by atoms with Crippen molar-refractivity contribution in [2.75, 3.05) is 37.4 Å². The molecule has 1 saturated heterocycles. The Morgan fingerprint density at radius 3 is 2.89 bits per heavy atom. The molecule has 0 spiro atoms. The van der Waals surface area contributed by atoms with Crippen molar-refractivity contribution < 1.29 is 13.2 Å². The van der Waals surface area contributed by atoms with Gasteiger partial charge in [-0.05, 0) is 25.6 Å². The summed E-state index contributed by atoms with van der Waals surface area (Å²) in [5.41, 5.74) is 6.34. The zero-order chi connectivity index (χ0) is 13.9. The molecule has 2 rings (SSSR count). The molecular formula is C13H20N2O3S. The molecule has 1 aromatic rings. The number of rotatable bonds is 5. The molecule has 0 saturated carbocycles. The zero-order valence-electron chi connectivity index (χ0n) is 11.1. The van der Waals surface area contributed by atoms with Crippen LogP contribution in [0.25, 0.3) is 0 Å². The van der Waals surface area contributed by atoms with Crippen molar-refractivity contribution in [1.29, 1.82) is 0 Å². The first kappa shape index (κ1) is 14.1. The van der Waals surface area contributed by atoms with Crippen molar-refractivity contribution in [1.82, 2.24) is 4.90 Å². The third kappa shape index (κ3) is 4.11. The number of hydrogen-bond donors (Lipinski definition) is 1. The predicted molar refractivity (Wildman–Crippen MR) is 76.0 cm³/mol. The van der Waals surface area contributed by atoms with Crippen molar-refractivity contribution in [2.45, 2.75) is 12.5 Å². The van der Waals surface area contributed by atoms with Crippen molar-refractivity contribution >= 4 is 15.5 Å². The van der Waals surface area contributed by atoms with Gasteiger partial charge in [0.25, 0.3) is 0 Å². The standard InChI is InChI=1S/C13H20N2O3S/c1-15(12-5-8-19(16,17)10-12)6-7-18-13-4-2-3-11(14)9-13/h2-4,9,12H,5-8,10,14H2,1H3. The molecular weight excluding hydrogens is 264 g/mol. The van der Waals surface area contributed by atoms with Gasteiger partial charge < -0.3 is 10.5 Å². The summed E-state index contributed by atoms with van der Waals surface area (Å²) in [5.74, 6) is 1.31. The van der Waals surface area contributed by atoms with Crippen LogP contribution in [-0.4, -0.2) is 51.1 Å². The SMILES string of the molecule is CN(CCOc1cccc(N)c1)C1CCS(=O)(=O)C1. The van der Waals surface area contributed by atoms with Crippen LogP contribution in [0.1, 0.15) is 6.42 Å². The lowest BCUT2D eigenvalue weighted by molar-refractivity contribution is 0.202. The van der Waals surface area contributed by atoms with Crippen LogP contribution in [0.2, 0.25) is 0 Å². The van der Waals surface area contributed by atoms with E-state index in [1.807, 2.05) is 25.2 Å². The zero-order valence-corrected chi connectivity index (χ0v) is 11.9. The minimum Gasteiger partial charge on any atom is -0.492 e. The monoisotopic (exact) mass is 284 g/mol. The van der Waals surface area contributed by atoms with Crippen LogP contribution in [-0.2, 0) is 9.84 Å². The summed E-state index contributed by atoms with van der Waals surface area (Å²) in [7, 11) is -0.884. The van der Waals surface area contributed by atoms with Gasteiger partial charge in [0.05, 0.1) is 11.5 Å². The minimum absolute atomic E-state index is 0.120. The molecule has 5 nitrogen and oxygen atoms in total. The number of likely N-dealkylation sites (N-methyl/N-ethyl adjacent to an activating group) is 1. The summed E-state index contributed by atoms with van der Waals surface area (Å²) >= 11 is 0. The highest BCUT2D eigenvalue weighted by Gasteiger charge is 2.30. The van der Waals surface area contributed by atoms with Gasteiger partial charge in [-0.15, -0.1) is 0 Å². The van der Waals surface area contributed by atoms with Crippen LogP contribution in [0.3, 0.4) is 0 Å². The summed E-state index contributed by atoms with van der Waals surface area (Å²) in [5, 5.41) is 0. The Labute approximate surface area is 114 Å². The van der Waals surface area contributed by atoms with Gasteiger partial charge in [0.15, 0.2) is 9.84 Å². The van der Waals surface area contributed by atoms with Crippen LogP contribution in [0.4, 0.5) is 5.69 Å². The van der Waals surface area contributed by atoms with E-state index in [2.05, 4.69) is 4.90 Å². The summed E-state index contributed by atoms with van der Waals surface area (Å²) in [6, 6.07) is 7.41. The lowest BCUT2D eigenvalue weighted by Gasteiger charge is -2.22. The maximum absolute atomic E-state index is 11.4. The number of sulfone groups is 1. The molecule has 0 amide bonds.